The predicted octanol–water partition coefficient (Wildman–Crippen LogP) is 16.0. The normalized spacial score (nSPS) is 21.6. The average molecular weight is 1390 g/mol. The summed E-state index contributed by atoms with van der Waals surface area (Å²) in [6.07, 6.45) is 24.6. The topological polar surface area (TPSA) is 214 Å². The first-order chi connectivity index (χ1) is 50.0. The number of rotatable bonds is 26. The number of carbonyl (C=O) groups is 4. The number of Topliss-reactive ketones (excluding diaryl/α,β-unsaturated/α-hetero) is 2. The van der Waals surface area contributed by atoms with Crippen LogP contribution in [-0.4, -0.2) is 126 Å². The number of fused-ring (bicyclic) bond motifs is 2. The van der Waals surface area contributed by atoms with Gasteiger partial charge in [0.1, 0.15) is 35.1 Å². The SMILES string of the molecule is C.CN1CCC2(CC1)C[C@@H]2C(=O)N[C@@H](CCCCCC(=O)CC1CC1)c1ncc(Br)o1.COc1cc2nc(C)ccc2cc1-c1cnc([C@H](CCCCCC(=O)CC2CC2)NC(=O)[C@H]2CC23CCN(C)CC3)o1.COc1cc2nc(C)ccc2cc1B1OC(C)(C)C(C)(C)O1.[2HH].[2H][2H].[2H][2H].[2H][2H].[2H][2H].[2H][2H]. The van der Waals surface area contributed by atoms with Crippen molar-refractivity contribution in [2.24, 2.45) is 34.5 Å². The van der Waals surface area contributed by atoms with Crippen molar-refractivity contribution in [3.05, 3.63) is 88.8 Å². The Labute approximate surface area is 588 Å². The summed E-state index contributed by atoms with van der Waals surface area (Å²) in [6.45, 7) is 16.4. The molecule has 2 N–H and O–H groups in total. The van der Waals surface area contributed by atoms with Gasteiger partial charge in [0.05, 0.1) is 54.4 Å². The molecular formula is C75H116BBrN8O10. The fraction of sp³-hybridized carbons (Fsp3) is 0.627. The highest BCUT2D eigenvalue weighted by atomic mass is 79.9. The molecular weight excluding hydrogens is 1260 g/mol. The fourth-order valence-corrected chi connectivity index (χ4v) is 14.4. The Morgan fingerprint density at radius 2 is 1.09 bits per heavy atom. The third-order valence-electron chi connectivity index (χ3n) is 21.7. The fourth-order valence-electron chi connectivity index (χ4n) is 14.1. The van der Waals surface area contributed by atoms with Gasteiger partial charge < -0.3 is 48.1 Å². The number of pyridine rings is 2. The number of likely N-dealkylation sites (tertiary alicyclic amines) is 2. The van der Waals surface area contributed by atoms with Gasteiger partial charge in [-0.3, -0.25) is 29.1 Å². The van der Waals surface area contributed by atoms with Crippen molar-refractivity contribution in [3.63, 3.8) is 0 Å². The Balaban J connectivity index is 0.000000328. The molecule has 4 atom stereocenters. The van der Waals surface area contributed by atoms with E-state index in [-0.39, 0.29) is 66.6 Å². The molecule has 4 aliphatic carbocycles. The summed E-state index contributed by atoms with van der Waals surface area (Å²) in [5.74, 6) is 5.70. The van der Waals surface area contributed by atoms with E-state index in [1.54, 1.807) is 26.6 Å². The Hall–Kier alpha value is -6.06. The van der Waals surface area contributed by atoms with Gasteiger partial charge in [0.2, 0.25) is 23.6 Å². The summed E-state index contributed by atoms with van der Waals surface area (Å²) in [6, 6.07) is 15.5. The number of benzene rings is 2. The van der Waals surface area contributed by atoms with E-state index < -0.39 is 7.12 Å². The molecule has 7 heterocycles. The molecule has 6 aromatic rings. The Morgan fingerprint density at radius 1 is 0.642 bits per heavy atom. The van der Waals surface area contributed by atoms with Crippen molar-refractivity contribution in [2.75, 3.05) is 54.5 Å². The van der Waals surface area contributed by atoms with E-state index >= 15 is 0 Å². The molecule has 20 heteroatoms. The number of hydrogen-bond donors (Lipinski definition) is 2. The van der Waals surface area contributed by atoms with Crippen LogP contribution in [0.25, 0.3) is 33.1 Å². The minimum absolute atomic E-state index is 0. The van der Waals surface area contributed by atoms with E-state index in [0.29, 0.717) is 64.2 Å². The zero-order chi connectivity index (χ0) is 76.5. The molecule has 3 saturated heterocycles. The van der Waals surface area contributed by atoms with Crippen molar-refractivity contribution < 1.29 is 63.1 Å². The molecule has 7 aliphatic rings. The number of unbranched alkanes of at least 4 members (excludes halogenated alkanes) is 4. The molecule has 95 heavy (non-hydrogen) atoms. The van der Waals surface area contributed by atoms with E-state index in [1.165, 1.54) is 25.7 Å². The molecule has 2 spiro atoms. The number of methoxy groups -OCH3 is 2. The molecule has 7 fully saturated rings. The van der Waals surface area contributed by atoms with Crippen LogP contribution in [0, 0.1) is 48.3 Å². The summed E-state index contributed by atoms with van der Waals surface area (Å²) in [4.78, 5) is 73.5. The smallest absolute Gasteiger partial charge is 0.497 e. The molecule has 13 rings (SSSR count). The standard InChI is InChI=1S/C34H44N4O4.C23H34BrN3O3.C17H22BNO3.CH4.6H2/c1-22-9-12-24-18-26(30(41-3)19-29(24)36-22)31-21-35-33(42-31)28(8-6-4-5-7-25(39)17-23-10-11-23)37-32(40)27-20-34(27)13-15-38(2)16-14-34;1-27-11-9-23(10-12-27)14-18(23)21(29)26-19(22-25-15-20(24)30-22)6-4-2-3-5-17(28)13-16-7-8-16;1-11-7-8-12-9-13(15(20-6)10-14(12)19-11)18-21-16(2,3)17(4,5)22-18;;;;;;;/h9,12,18-19,21,23,27-28H,4-8,10-11,13-17,20H2,1-3H3,(H,37,40);15-16,18-19H,2-14H2,1H3,(H,26,29);7-10H,1-6H3;1H4;6*1H/t27-,28+;18-,19+;;;;;;;;/m11......../s1/i;;;;5*1+1D;1+1. The summed E-state index contributed by atoms with van der Waals surface area (Å²) < 4.78 is 86.1. The van der Waals surface area contributed by atoms with E-state index in [2.05, 4.69) is 76.5 Å². The summed E-state index contributed by atoms with van der Waals surface area (Å²) in [5, 5.41) is 8.60. The number of ketones is 2. The molecule has 0 unspecified atom stereocenters. The highest BCUT2D eigenvalue weighted by Gasteiger charge is 2.60. The monoisotopic (exact) mass is 1390 g/mol. The highest BCUT2D eigenvalue weighted by molar-refractivity contribution is 9.10. The first kappa shape index (κ1) is 64.9. The number of oxazole rings is 2. The van der Waals surface area contributed by atoms with Gasteiger partial charge in [-0.05, 0) is 235 Å². The number of nitrogens with one attached hydrogen (secondary N) is 2. The van der Waals surface area contributed by atoms with Gasteiger partial charge in [0.25, 0.3) is 0 Å². The van der Waals surface area contributed by atoms with Crippen LogP contribution in [0.1, 0.15) is 228 Å². The van der Waals surface area contributed by atoms with Crippen molar-refractivity contribution in [1.29, 1.82) is 0 Å². The van der Waals surface area contributed by atoms with Crippen LogP contribution in [0.5, 0.6) is 11.5 Å². The van der Waals surface area contributed by atoms with E-state index in [0.717, 1.165) is 179 Å². The van der Waals surface area contributed by atoms with Crippen LogP contribution in [-0.2, 0) is 28.5 Å². The molecule has 4 saturated carbocycles. The molecule has 18 nitrogen and oxygen atoms in total. The second-order valence-corrected chi connectivity index (χ2v) is 30.4. The molecule has 4 aromatic heterocycles. The lowest BCUT2D eigenvalue weighted by molar-refractivity contribution is -0.125. The van der Waals surface area contributed by atoms with Crippen LogP contribution >= 0.6 is 15.9 Å². The number of aryl methyl sites for hydroxylation is 2. The summed E-state index contributed by atoms with van der Waals surface area (Å²) in [5.41, 5.74) is 5.06. The molecule has 3 aliphatic heterocycles. The van der Waals surface area contributed by atoms with Crippen LogP contribution in [0.4, 0.5) is 0 Å². The largest absolute Gasteiger partial charge is 0.498 e. The van der Waals surface area contributed by atoms with E-state index in [1.807, 2.05) is 84.0 Å². The number of piperidine rings is 2. The zero-order valence-electron chi connectivity index (χ0n) is 67.3. The van der Waals surface area contributed by atoms with Gasteiger partial charge in [0.15, 0.2) is 10.4 Å². The maximum absolute atomic E-state index is 13.5. The number of ether oxygens (including phenoxy) is 2. The maximum atomic E-state index is 13.5. The van der Waals surface area contributed by atoms with Crippen LogP contribution < -0.4 is 25.6 Å². The third-order valence-corrected chi connectivity index (χ3v) is 22.0. The predicted molar refractivity (Wildman–Crippen MR) is 388 cm³/mol. The second-order valence-electron chi connectivity index (χ2n) is 29.6. The lowest BCUT2D eigenvalue weighted by Crippen LogP contribution is -2.41. The van der Waals surface area contributed by atoms with Crippen LogP contribution in [0.15, 0.2) is 74.4 Å². The molecule has 0 bridgehead atoms. The third kappa shape index (κ3) is 18.2. The average Bonchev–Trinajstić information content (AvgIpc) is 1.59. The zero-order valence-corrected chi connectivity index (χ0v) is 58.9. The molecule has 2 aromatic carbocycles. The van der Waals surface area contributed by atoms with Crippen LogP contribution in [0.2, 0.25) is 0 Å². The number of aromatic nitrogens is 4. The Kier molecular flexibility index (Phi) is 21.0. The number of halogens is 1. The lowest BCUT2D eigenvalue weighted by Gasteiger charge is -2.32. The summed E-state index contributed by atoms with van der Waals surface area (Å²) in [7, 11) is 7.17. The van der Waals surface area contributed by atoms with Crippen molar-refractivity contribution in [1.82, 2.24) is 40.4 Å². The minimum atomic E-state index is -0.439. The maximum Gasteiger partial charge on any atom is 0.498 e. The van der Waals surface area contributed by atoms with Crippen molar-refractivity contribution in [2.45, 2.75) is 214 Å². The van der Waals surface area contributed by atoms with Crippen molar-refractivity contribution in [3.8, 4) is 22.8 Å². The Bertz CT molecular complexity index is 3670. The first-order valence-corrected chi connectivity index (χ1v) is 35.7. The van der Waals surface area contributed by atoms with Crippen molar-refractivity contribution >= 4 is 73.7 Å². The number of carbonyl (C=O) groups excluding carboxylic acids is 4. The minimum Gasteiger partial charge on any atom is -0.497 e. The van der Waals surface area contributed by atoms with Gasteiger partial charge >= 0.3 is 7.12 Å². The molecule has 0 radical (unpaired) electrons. The quantitative estimate of drug-likeness (QED) is 0.0382. The van der Waals surface area contributed by atoms with Gasteiger partial charge in [-0.2, -0.15) is 0 Å². The second kappa shape index (κ2) is 30.8. The molecule has 526 valence electrons. The van der Waals surface area contributed by atoms with E-state index in [4.69, 9.17) is 42.5 Å². The van der Waals surface area contributed by atoms with Crippen LogP contribution in [0.3, 0.4) is 0 Å². The first-order valence-electron chi connectivity index (χ1n) is 39.9. The highest BCUT2D eigenvalue weighted by Crippen LogP contribution is 2.60. The summed E-state index contributed by atoms with van der Waals surface area (Å²) >= 11 is 3.32. The van der Waals surface area contributed by atoms with Gasteiger partial charge in [0, 0.05) is 93.5 Å². The van der Waals surface area contributed by atoms with Gasteiger partial charge in [-0.15, -0.1) is 0 Å². The number of hydrogen-bond acceptors (Lipinski definition) is 16. The number of amides is 2. The lowest BCUT2D eigenvalue weighted by atomic mass is 9.77. The van der Waals surface area contributed by atoms with E-state index in [9.17, 15) is 19.2 Å². The Morgan fingerprint density at radius 3 is 1.55 bits per heavy atom. The van der Waals surface area contributed by atoms with Gasteiger partial charge in [-0.25, -0.2) is 9.97 Å². The van der Waals surface area contributed by atoms with Gasteiger partial charge in [-0.1, -0.05) is 45.2 Å². The molecule has 2 amide bonds. The number of nitrogens with zero attached hydrogens (tertiary/aromatic N) is 6.